The van der Waals surface area contributed by atoms with Gasteiger partial charge in [0.1, 0.15) is 11.5 Å². The predicted molar refractivity (Wildman–Crippen MR) is 144 cm³/mol. The Balaban J connectivity index is 1.71. The van der Waals surface area contributed by atoms with E-state index < -0.39 is 17.5 Å². The summed E-state index contributed by atoms with van der Waals surface area (Å²) in [5, 5.41) is 10.4. The minimum absolute atomic E-state index is 0.0104. The van der Waals surface area contributed by atoms with Gasteiger partial charge in [-0.15, -0.1) is 0 Å². The van der Waals surface area contributed by atoms with Crippen molar-refractivity contribution in [1.29, 1.82) is 5.26 Å². The molecule has 192 valence electrons. The maximum Gasteiger partial charge on any atom is 0.329 e. The zero-order valence-electron chi connectivity index (χ0n) is 20.7. The molecule has 0 bridgehead atoms. The number of halogens is 1. The molecular weight excluding hydrogens is 490 g/mol. The van der Waals surface area contributed by atoms with Crippen LogP contribution in [-0.4, -0.2) is 39.9 Å². The van der Waals surface area contributed by atoms with Gasteiger partial charge in [-0.1, -0.05) is 54.4 Å². The summed E-state index contributed by atoms with van der Waals surface area (Å²) in [4.78, 5) is 35.0. The van der Waals surface area contributed by atoms with Gasteiger partial charge in [0.25, 0.3) is 5.56 Å². The van der Waals surface area contributed by atoms with E-state index in [2.05, 4.69) is 20.9 Å². The number of aromatic nitrogens is 2. The first-order chi connectivity index (χ1) is 17.9. The van der Waals surface area contributed by atoms with Crippen molar-refractivity contribution in [3.05, 3.63) is 91.1 Å². The summed E-state index contributed by atoms with van der Waals surface area (Å²) < 4.78 is 1.48. The monoisotopic (exact) mass is 519 g/mol. The summed E-state index contributed by atoms with van der Waals surface area (Å²) in [5.41, 5.74) is 8.17. The summed E-state index contributed by atoms with van der Waals surface area (Å²) in [6.07, 6.45) is 2.52. The van der Waals surface area contributed by atoms with Gasteiger partial charge in [-0.2, -0.15) is 5.26 Å². The van der Waals surface area contributed by atoms with E-state index in [1.807, 2.05) is 47.4 Å². The molecule has 2 atom stereocenters. The maximum atomic E-state index is 13.4. The number of hydrogen-bond donors (Lipinski definition) is 2. The second kappa shape index (κ2) is 10.4. The molecule has 3 heterocycles. The molecule has 0 amide bonds. The molecule has 2 unspecified atom stereocenters. The van der Waals surface area contributed by atoms with Crippen LogP contribution in [0.4, 0.5) is 11.5 Å². The molecule has 3 N–H and O–H groups in total. The van der Waals surface area contributed by atoms with Crippen molar-refractivity contribution in [2.75, 3.05) is 22.9 Å². The van der Waals surface area contributed by atoms with Crippen molar-refractivity contribution in [3.8, 4) is 6.07 Å². The Bertz CT molecular complexity index is 1460. The van der Waals surface area contributed by atoms with Crippen LogP contribution in [0.5, 0.6) is 0 Å². The van der Waals surface area contributed by atoms with Crippen molar-refractivity contribution < 1.29 is 0 Å². The number of hydrogen-bond acceptors (Lipinski definition) is 7. The predicted octanol–water partition coefficient (Wildman–Crippen LogP) is 2.72. The van der Waals surface area contributed by atoms with E-state index in [1.54, 1.807) is 13.1 Å². The van der Waals surface area contributed by atoms with Gasteiger partial charge >= 0.3 is 5.69 Å². The standard InChI is InChI=1S/C27H30ClN7O2/c1-32-25-23(24(36)31-26(32)37)34(16-20-10-4-5-12-22(20)28)27(33-13-7-6-11-21(30)17-33)35(25)15-19-9-3-2-8-18(19)14-29/h2-5,8-10,12,21,27H,6-7,11,13,15-17,30H2,1H3,(H,31,36,37). The highest BCUT2D eigenvalue weighted by atomic mass is 35.5. The van der Waals surface area contributed by atoms with E-state index in [4.69, 9.17) is 17.3 Å². The lowest BCUT2D eigenvalue weighted by Gasteiger charge is -2.41. The van der Waals surface area contributed by atoms with Crippen LogP contribution < -0.4 is 26.8 Å². The van der Waals surface area contributed by atoms with Crippen LogP contribution in [0.15, 0.2) is 58.1 Å². The average Bonchev–Trinajstić information content (AvgIpc) is 3.03. The molecule has 9 nitrogen and oxygen atoms in total. The topological polar surface area (TPSA) is 114 Å². The van der Waals surface area contributed by atoms with Gasteiger partial charge in [-0.25, -0.2) is 4.79 Å². The van der Waals surface area contributed by atoms with Gasteiger partial charge in [0.15, 0.2) is 6.29 Å². The lowest BCUT2D eigenvalue weighted by atomic mass is 10.1. The molecule has 0 radical (unpaired) electrons. The van der Waals surface area contributed by atoms with Crippen molar-refractivity contribution in [3.63, 3.8) is 0 Å². The minimum atomic E-state index is -0.492. The third-order valence-corrected chi connectivity index (χ3v) is 7.60. The average molecular weight is 520 g/mol. The summed E-state index contributed by atoms with van der Waals surface area (Å²) >= 11 is 6.56. The fourth-order valence-electron chi connectivity index (χ4n) is 5.46. The molecule has 2 aliphatic rings. The Morgan fingerprint density at radius 1 is 1.05 bits per heavy atom. The number of nitrogens with two attached hydrogens (primary N) is 1. The number of benzene rings is 2. The second-order valence-corrected chi connectivity index (χ2v) is 10.1. The number of H-pyrrole nitrogens is 1. The Hall–Kier alpha value is -3.58. The zero-order valence-corrected chi connectivity index (χ0v) is 21.5. The third-order valence-electron chi connectivity index (χ3n) is 7.23. The Kier molecular flexibility index (Phi) is 7.07. The van der Waals surface area contributed by atoms with Crippen LogP contribution in [-0.2, 0) is 20.1 Å². The first-order valence-electron chi connectivity index (χ1n) is 12.5. The molecule has 0 aliphatic carbocycles. The fraction of sp³-hybridized carbons (Fsp3) is 0.370. The van der Waals surface area contributed by atoms with Crippen LogP contribution in [0, 0.1) is 11.3 Å². The van der Waals surface area contributed by atoms with E-state index >= 15 is 0 Å². The number of nitrogens with zero attached hydrogens (tertiary/aromatic N) is 5. The molecule has 37 heavy (non-hydrogen) atoms. The molecule has 10 heteroatoms. The summed E-state index contributed by atoms with van der Waals surface area (Å²) in [7, 11) is 1.66. The smallest absolute Gasteiger partial charge is 0.327 e. The van der Waals surface area contributed by atoms with Crippen LogP contribution in [0.1, 0.15) is 36.0 Å². The molecule has 3 aromatic rings. The number of fused-ring (bicyclic) bond motifs is 1. The van der Waals surface area contributed by atoms with Crippen molar-refractivity contribution in [2.45, 2.75) is 44.7 Å². The normalized spacial score (nSPS) is 19.9. The molecule has 0 saturated carbocycles. The van der Waals surface area contributed by atoms with Crippen molar-refractivity contribution in [2.24, 2.45) is 12.8 Å². The number of nitrogens with one attached hydrogen (secondary N) is 1. The van der Waals surface area contributed by atoms with Gasteiger partial charge in [0.2, 0.25) is 0 Å². The second-order valence-electron chi connectivity index (χ2n) is 9.70. The molecule has 5 rings (SSSR count). The first-order valence-corrected chi connectivity index (χ1v) is 12.8. The lowest BCUT2D eigenvalue weighted by molar-refractivity contribution is 0.186. The molecule has 1 fully saturated rings. The molecule has 0 spiro atoms. The van der Waals surface area contributed by atoms with Crippen LogP contribution >= 0.6 is 11.6 Å². The SMILES string of the molecule is Cn1c2c(c(=O)[nH]c1=O)N(Cc1ccccc1Cl)C(N1CCCCC(N)C1)N2Cc1ccccc1C#N. The van der Waals surface area contributed by atoms with Gasteiger partial charge in [0, 0.05) is 44.3 Å². The van der Waals surface area contributed by atoms with Crippen LogP contribution in [0.3, 0.4) is 0 Å². The molecular formula is C27H30ClN7O2. The van der Waals surface area contributed by atoms with E-state index in [9.17, 15) is 14.9 Å². The van der Waals surface area contributed by atoms with E-state index in [0.717, 1.165) is 36.9 Å². The van der Waals surface area contributed by atoms with Gasteiger partial charge in [-0.05, 0) is 36.1 Å². The Morgan fingerprint density at radius 2 is 1.76 bits per heavy atom. The largest absolute Gasteiger partial charge is 0.329 e. The first kappa shape index (κ1) is 25.1. The summed E-state index contributed by atoms with van der Waals surface area (Å²) in [6, 6.07) is 17.2. The molecule has 2 aliphatic heterocycles. The molecule has 1 saturated heterocycles. The number of aromatic amines is 1. The zero-order chi connectivity index (χ0) is 26.1. The van der Waals surface area contributed by atoms with E-state index in [1.165, 1.54) is 4.57 Å². The number of anilines is 2. The van der Waals surface area contributed by atoms with Gasteiger partial charge in [0.05, 0.1) is 11.6 Å². The van der Waals surface area contributed by atoms with Gasteiger partial charge in [-0.3, -0.25) is 19.2 Å². The minimum Gasteiger partial charge on any atom is -0.327 e. The Labute approximate surface area is 220 Å². The number of rotatable bonds is 5. The molecule has 1 aromatic heterocycles. The molecule has 2 aromatic carbocycles. The highest BCUT2D eigenvalue weighted by molar-refractivity contribution is 6.31. The van der Waals surface area contributed by atoms with Crippen LogP contribution in [0.25, 0.3) is 0 Å². The Morgan fingerprint density at radius 3 is 2.51 bits per heavy atom. The highest BCUT2D eigenvalue weighted by Gasteiger charge is 2.44. The fourth-order valence-corrected chi connectivity index (χ4v) is 5.66. The number of likely N-dealkylation sites (tertiary alicyclic amines) is 1. The number of nitriles is 1. The van der Waals surface area contributed by atoms with Crippen molar-refractivity contribution >= 4 is 23.1 Å². The van der Waals surface area contributed by atoms with Crippen molar-refractivity contribution in [1.82, 2.24) is 14.5 Å². The highest BCUT2D eigenvalue weighted by Crippen LogP contribution is 2.40. The summed E-state index contributed by atoms with van der Waals surface area (Å²) in [5.74, 6) is 0.511. The van der Waals surface area contributed by atoms with E-state index in [0.29, 0.717) is 41.7 Å². The van der Waals surface area contributed by atoms with Gasteiger partial charge < -0.3 is 15.5 Å². The third kappa shape index (κ3) is 4.76. The van der Waals surface area contributed by atoms with E-state index in [-0.39, 0.29) is 6.04 Å². The lowest BCUT2D eigenvalue weighted by Crippen LogP contribution is -2.57. The van der Waals surface area contributed by atoms with Crippen LogP contribution in [0.2, 0.25) is 5.02 Å². The maximum absolute atomic E-state index is 13.4. The summed E-state index contributed by atoms with van der Waals surface area (Å²) in [6.45, 7) is 2.12. The quantitative estimate of drug-likeness (QED) is 0.532.